The maximum Gasteiger partial charge on any atom is 0.417 e. The Balaban J connectivity index is 1.49. The monoisotopic (exact) mass is 458 g/mol. The van der Waals surface area contributed by atoms with Gasteiger partial charge in [-0.25, -0.2) is 0 Å². The Morgan fingerprint density at radius 3 is 2.19 bits per heavy atom. The summed E-state index contributed by atoms with van der Waals surface area (Å²) in [6.07, 6.45) is 4.32. The van der Waals surface area contributed by atoms with Gasteiger partial charge < -0.3 is 10.2 Å². The standard InChI is InChI=1S/C27H45F3O2/c1-17(10-12-23(2,3)31)20-8-9-21-19-7-6-18-16-26(32,27(28,29)30)15-14-24(18,4)22(19)11-13-25(20,21)5/h17-22,31-32H,6-16H2,1-5H3/t17-,18?,19?,20?,21?,22?,24?,25?,26+/m1/s1. The summed E-state index contributed by atoms with van der Waals surface area (Å²) >= 11 is 0. The highest BCUT2D eigenvalue weighted by molar-refractivity contribution is 5.11. The van der Waals surface area contributed by atoms with Crippen LogP contribution in [0.25, 0.3) is 0 Å². The molecule has 2 N–H and O–H groups in total. The summed E-state index contributed by atoms with van der Waals surface area (Å²) in [6, 6.07) is 0. The molecule has 0 saturated heterocycles. The Bertz CT molecular complexity index is 700. The molecule has 0 aromatic heterocycles. The molecule has 0 bridgehead atoms. The van der Waals surface area contributed by atoms with Gasteiger partial charge in [0.1, 0.15) is 0 Å². The lowest BCUT2D eigenvalue weighted by molar-refractivity contribution is -0.290. The number of alkyl halides is 3. The van der Waals surface area contributed by atoms with Gasteiger partial charge in [-0.1, -0.05) is 20.8 Å². The Kier molecular flexibility index (Phi) is 6.10. The molecule has 0 amide bonds. The van der Waals surface area contributed by atoms with Crippen LogP contribution in [-0.2, 0) is 0 Å². The number of hydrogen-bond acceptors (Lipinski definition) is 2. The molecule has 7 unspecified atom stereocenters. The zero-order valence-corrected chi connectivity index (χ0v) is 20.8. The van der Waals surface area contributed by atoms with E-state index in [0.29, 0.717) is 41.4 Å². The van der Waals surface area contributed by atoms with Gasteiger partial charge in [-0.05, 0) is 131 Å². The smallest absolute Gasteiger partial charge is 0.390 e. The topological polar surface area (TPSA) is 40.5 Å². The first-order valence-electron chi connectivity index (χ1n) is 13.1. The van der Waals surface area contributed by atoms with E-state index in [1.54, 1.807) is 0 Å². The third kappa shape index (κ3) is 3.95. The first kappa shape index (κ1) is 24.8. The van der Waals surface area contributed by atoms with Crippen LogP contribution < -0.4 is 0 Å². The van der Waals surface area contributed by atoms with E-state index in [0.717, 1.165) is 32.1 Å². The molecule has 9 atom stereocenters. The summed E-state index contributed by atoms with van der Waals surface area (Å²) in [5.41, 5.74) is -2.84. The first-order chi connectivity index (χ1) is 14.6. The summed E-state index contributed by atoms with van der Waals surface area (Å²) in [5.74, 6) is 3.06. The van der Waals surface area contributed by atoms with E-state index in [4.69, 9.17) is 0 Å². The first-order valence-corrected chi connectivity index (χ1v) is 13.1. The van der Waals surface area contributed by atoms with Crippen LogP contribution in [0.3, 0.4) is 0 Å². The summed E-state index contributed by atoms with van der Waals surface area (Å²) in [4.78, 5) is 0. The average molecular weight is 459 g/mol. The van der Waals surface area contributed by atoms with E-state index in [9.17, 15) is 23.4 Å². The van der Waals surface area contributed by atoms with Crippen LogP contribution in [0, 0.1) is 46.3 Å². The molecule has 0 spiro atoms. The van der Waals surface area contributed by atoms with Crippen LogP contribution in [0.5, 0.6) is 0 Å². The van der Waals surface area contributed by atoms with Crippen molar-refractivity contribution in [1.29, 1.82) is 0 Å². The average Bonchev–Trinajstić information content (AvgIpc) is 3.02. The normalized spacial score (nSPS) is 48.0. The molecule has 0 radical (unpaired) electrons. The fourth-order valence-electron chi connectivity index (χ4n) is 9.26. The van der Waals surface area contributed by atoms with E-state index in [2.05, 4.69) is 20.8 Å². The molecule has 0 aromatic rings. The van der Waals surface area contributed by atoms with E-state index in [1.807, 2.05) is 13.8 Å². The lowest BCUT2D eigenvalue weighted by Gasteiger charge is -2.62. The molecule has 0 aliphatic heterocycles. The van der Waals surface area contributed by atoms with Crippen molar-refractivity contribution < 1.29 is 23.4 Å². The predicted octanol–water partition coefficient (Wildman–Crippen LogP) is 7.13. The second-order valence-electron chi connectivity index (χ2n) is 13.4. The van der Waals surface area contributed by atoms with Crippen LogP contribution in [0.15, 0.2) is 0 Å². The Labute approximate surface area is 192 Å². The van der Waals surface area contributed by atoms with E-state index in [1.165, 1.54) is 19.3 Å². The summed E-state index contributed by atoms with van der Waals surface area (Å²) < 4.78 is 40.7. The molecule has 4 saturated carbocycles. The lowest BCUT2D eigenvalue weighted by Crippen LogP contribution is -2.59. The highest BCUT2D eigenvalue weighted by atomic mass is 19.4. The minimum atomic E-state index is -4.52. The van der Waals surface area contributed by atoms with Gasteiger partial charge >= 0.3 is 6.18 Å². The Hall–Kier alpha value is -0.290. The number of halogens is 3. The molecule has 32 heavy (non-hydrogen) atoms. The van der Waals surface area contributed by atoms with Crippen molar-refractivity contribution in [2.45, 2.75) is 123 Å². The zero-order chi connectivity index (χ0) is 23.7. The molecule has 2 nitrogen and oxygen atoms in total. The van der Waals surface area contributed by atoms with Crippen LogP contribution in [0.4, 0.5) is 13.2 Å². The number of fused-ring (bicyclic) bond motifs is 5. The maximum absolute atomic E-state index is 13.6. The van der Waals surface area contributed by atoms with Gasteiger partial charge in [0.05, 0.1) is 5.60 Å². The minimum absolute atomic E-state index is 0.0172. The molecule has 4 aliphatic rings. The van der Waals surface area contributed by atoms with E-state index < -0.39 is 17.4 Å². The molecule has 4 fully saturated rings. The number of aliphatic hydroxyl groups is 2. The van der Waals surface area contributed by atoms with Gasteiger partial charge in [0.25, 0.3) is 0 Å². The minimum Gasteiger partial charge on any atom is -0.390 e. The van der Waals surface area contributed by atoms with Gasteiger partial charge in [0.15, 0.2) is 5.60 Å². The summed E-state index contributed by atoms with van der Waals surface area (Å²) in [5, 5.41) is 20.6. The molecular formula is C27H45F3O2. The van der Waals surface area contributed by atoms with Crippen molar-refractivity contribution in [1.82, 2.24) is 0 Å². The SMILES string of the molecule is C[C@H](CCC(C)(C)O)C1CCC2C3CCC4C[C@](O)(C(F)(F)F)CCC4(C)C3CCC21C. The number of rotatable bonds is 4. The van der Waals surface area contributed by atoms with Crippen molar-refractivity contribution >= 4 is 0 Å². The highest BCUT2D eigenvalue weighted by Gasteiger charge is 2.65. The van der Waals surface area contributed by atoms with E-state index >= 15 is 0 Å². The third-order valence-corrected chi connectivity index (χ3v) is 11.2. The van der Waals surface area contributed by atoms with Crippen LogP contribution >= 0.6 is 0 Å². The van der Waals surface area contributed by atoms with Gasteiger partial charge in [-0.15, -0.1) is 0 Å². The Morgan fingerprint density at radius 1 is 0.906 bits per heavy atom. The van der Waals surface area contributed by atoms with Crippen molar-refractivity contribution in [3.05, 3.63) is 0 Å². The van der Waals surface area contributed by atoms with Gasteiger partial charge in [-0.2, -0.15) is 13.2 Å². The van der Waals surface area contributed by atoms with Gasteiger partial charge in [0, 0.05) is 0 Å². The van der Waals surface area contributed by atoms with Crippen LogP contribution in [-0.4, -0.2) is 27.6 Å². The fourth-order valence-corrected chi connectivity index (χ4v) is 9.26. The van der Waals surface area contributed by atoms with Crippen molar-refractivity contribution in [3.63, 3.8) is 0 Å². The molecule has 4 rings (SSSR count). The van der Waals surface area contributed by atoms with E-state index in [-0.39, 0.29) is 24.2 Å². The largest absolute Gasteiger partial charge is 0.417 e. The molecule has 4 aliphatic carbocycles. The summed E-state index contributed by atoms with van der Waals surface area (Å²) in [7, 11) is 0. The third-order valence-electron chi connectivity index (χ3n) is 11.2. The molecular weight excluding hydrogens is 413 g/mol. The lowest BCUT2D eigenvalue weighted by atomic mass is 9.43. The van der Waals surface area contributed by atoms with Gasteiger partial charge in [0.2, 0.25) is 0 Å². The van der Waals surface area contributed by atoms with Crippen molar-refractivity contribution in [2.24, 2.45) is 46.3 Å². The molecule has 186 valence electrons. The fraction of sp³-hybridized carbons (Fsp3) is 1.00. The molecule has 0 heterocycles. The molecule has 5 heteroatoms. The van der Waals surface area contributed by atoms with Crippen molar-refractivity contribution in [2.75, 3.05) is 0 Å². The number of hydrogen-bond donors (Lipinski definition) is 2. The maximum atomic E-state index is 13.6. The van der Waals surface area contributed by atoms with Crippen LogP contribution in [0.2, 0.25) is 0 Å². The Morgan fingerprint density at radius 2 is 1.56 bits per heavy atom. The second kappa shape index (κ2) is 7.86. The summed E-state index contributed by atoms with van der Waals surface area (Å²) in [6.45, 7) is 10.9. The van der Waals surface area contributed by atoms with Gasteiger partial charge in [-0.3, -0.25) is 0 Å². The predicted molar refractivity (Wildman–Crippen MR) is 121 cm³/mol. The van der Waals surface area contributed by atoms with Crippen LogP contribution in [0.1, 0.15) is 105 Å². The molecule has 0 aromatic carbocycles. The quantitative estimate of drug-likeness (QED) is 0.471. The van der Waals surface area contributed by atoms with Crippen molar-refractivity contribution in [3.8, 4) is 0 Å². The highest BCUT2D eigenvalue weighted by Crippen LogP contribution is 2.69. The second-order valence-corrected chi connectivity index (χ2v) is 13.4. The zero-order valence-electron chi connectivity index (χ0n) is 20.8.